The van der Waals surface area contributed by atoms with Gasteiger partial charge >= 0.3 is 0 Å². The molecular weight excluding hydrogens is 380 g/mol. The standard InChI is InChI=1S/C29H26O2/c1-21(2)20-31-16-15-22-7-9-24(10-8-22)26-13-14-29(28(18-26)19-30)27-12-11-23-5-3-4-6-25(23)17-27/h3-14,17-19H,1,15-16,20H2,2H3. The fourth-order valence-corrected chi connectivity index (χ4v) is 3.76. The summed E-state index contributed by atoms with van der Waals surface area (Å²) in [6.07, 6.45) is 1.81. The molecule has 2 heteroatoms. The van der Waals surface area contributed by atoms with Crippen molar-refractivity contribution < 1.29 is 9.53 Å². The van der Waals surface area contributed by atoms with Crippen LogP contribution in [0.3, 0.4) is 0 Å². The number of carbonyl (C=O) groups is 1. The van der Waals surface area contributed by atoms with Crippen LogP contribution < -0.4 is 0 Å². The summed E-state index contributed by atoms with van der Waals surface area (Å²) in [6, 6.07) is 29.1. The lowest BCUT2D eigenvalue weighted by Crippen LogP contribution is -2.00. The summed E-state index contributed by atoms with van der Waals surface area (Å²) in [5.41, 5.74) is 7.11. The monoisotopic (exact) mass is 406 g/mol. The van der Waals surface area contributed by atoms with E-state index in [1.165, 1.54) is 16.3 Å². The first-order chi connectivity index (χ1) is 15.1. The molecule has 31 heavy (non-hydrogen) atoms. The van der Waals surface area contributed by atoms with Crippen molar-refractivity contribution in [2.24, 2.45) is 0 Å². The molecule has 0 aliphatic rings. The molecule has 4 aromatic carbocycles. The van der Waals surface area contributed by atoms with Crippen LogP contribution in [0.15, 0.2) is 97.1 Å². The van der Waals surface area contributed by atoms with Gasteiger partial charge in [0.25, 0.3) is 0 Å². The van der Waals surface area contributed by atoms with Gasteiger partial charge in [0.1, 0.15) is 0 Å². The van der Waals surface area contributed by atoms with Crippen LogP contribution in [0.2, 0.25) is 0 Å². The zero-order chi connectivity index (χ0) is 21.6. The molecule has 0 aromatic heterocycles. The molecule has 0 saturated carbocycles. The minimum Gasteiger partial charge on any atom is -0.377 e. The number of fused-ring (bicyclic) bond motifs is 1. The van der Waals surface area contributed by atoms with Crippen molar-refractivity contribution in [3.8, 4) is 22.3 Å². The molecule has 0 N–H and O–H groups in total. The SMILES string of the molecule is C=C(C)COCCc1ccc(-c2ccc(-c3ccc4ccccc4c3)c(C=O)c2)cc1. The number of ether oxygens (including phenoxy) is 1. The van der Waals surface area contributed by atoms with E-state index in [0.29, 0.717) is 18.8 Å². The third kappa shape index (κ3) is 4.99. The number of benzene rings is 4. The summed E-state index contributed by atoms with van der Waals surface area (Å²) in [5.74, 6) is 0. The molecular formula is C29H26O2. The lowest BCUT2D eigenvalue weighted by Gasteiger charge is -2.10. The molecule has 154 valence electrons. The molecule has 0 atom stereocenters. The summed E-state index contributed by atoms with van der Waals surface area (Å²) in [6.45, 7) is 7.10. The van der Waals surface area contributed by atoms with Crippen molar-refractivity contribution in [3.63, 3.8) is 0 Å². The highest BCUT2D eigenvalue weighted by Crippen LogP contribution is 2.30. The topological polar surface area (TPSA) is 26.3 Å². The second-order valence-electron chi connectivity index (χ2n) is 7.94. The van der Waals surface area contributed by atoms with E-state index in [2.05, 4.69) is 67.2 Å². The number of hydrogen-bond acceptors (Lipinski definition) is 2. The highest BCUT2D eigenvalue weighted by atomic mass is 16.5. The first-order valence-corrected chi connectivity index (χ1v) is 10.5. The first-order valence-electron chi connectivity index (χ1n) is 10.5. The maximum absolute atomic E-state index is 11.9. The van der Waals surface area contributed by atoms with E-state index >= 15 is 0 Å². The largest absolute Gasteiger partial charge is 0.377 e. The van der Waals surface area contributed by atoms with Crippen LogP contribution in [0.4, 0.5) is 0 Å². The number of rotatable bonds is 8. The van der Waals surface area contributed by atoms with Crippen molar-refractivity contribution in [2.45, 2.75) is 13.3 Å². The summed E-state index contributed by atoms with van der Waals surface area (Å²) in [4.78, 5) is 11.9. The Morgan fingerprint density at radius 1 is 0.839 bits per heavy atom. The molecule has 0 fully saturated rings. The average molecular weight is 407 g/mol. The summed E-state index contributed by atoms with van der Waals surface area (Å²) >= 11 is 0. The Morgan fingerprint density at radius 3 is 2.29 bits per heavy atom. The van der Waals surface area contributed by atoms with E-state index in [0.717, 1.165) is 40.5 Å². The van der Waals surface area contributed by atoms with Crippen LogP contribution in [0.1, 0.15) is 22.8 Å². The molecule has 0 bridgehead atoms. The van der Waals surface area contributed by atoms with Gasteiger partial charge in [-0.2, -0.15) is 0 Å². The van der Waals surface area contributed by atoms with E-state index < -0.39 is 0 Å². The normalized spacial score (nSPS) is 10.9. The van der Waals surface area contributed by atoms with E-state index in [9.17, 15) is 4.79 Å². The highest BCUT2D eigenvalue weighted by molar-refractivity contribution is 5.94. The van der Waals surface area contributed by atoms with E-state index in [1.54, 1.807) is 0 Å². The zero-order valence-corrected chi connectivity index (χ0v) is 17.8. The van der Waals surface area contributed by atoms with Crippen LogP contribution >= 0.6 is 0 Å². The van der Waals surface area contributed by atoms with Crippen LogP contribution in [-0.2, 0) is 11.2 Å². The minimum absolute atomic E-state index is 0.607. The van der Waals surface area contributed by atoms with Gasteiger partial charge in [0, 0.05) is 5.56 Å². The number of hydrogen-bond donors (Lipinski definition) is 0. The number of aldehydes is 1. The smallest absolute Gasteiger partial charge is 0.150 e. The summed E-state index contributed by atoms with van der Waals surface area (Å²) in [7, 11) is 0. The van der Waals surface area contributed by atoms with Crippen molar-refractivity contribution in [1.82, 2.24) is 0 Å². The fourth-order valence-electron chi connectivity index (χ4n) is 3.76. The average Bonchev–Trinajstić information content (AvgIpc) is 2.81. The van der Waals surface area contributed by atoms with Crippen molar-refractivity contribution in [3.05, 3.63) is 108 Å². The maximum Gasteiger partial charge on any atom is 0.150 e. The zero-order valence-electron chi connectivity index (χ0n) is 17.8. The van der Waals surface area contributed by atoms with E-state index in [1.807, 2.05) is 31.2 Å². The van der Waals surface area contributed by atoms with Crippen LogP contribution in [0.25, 0.3) is 33.0 Å². The van der Waals surface area contributed by atoms with E-state index in [4.69, 9.17) is 4.74 Å². The van der Waals surface area contributed by atoms with Gasteiger partial charge < -0.3 is 4.74 Å². The second-order valence-corrected chi connectivity index (χ2v) is 7.94. The minimum atomic E-state index is 0.607. The Hall–Kier alpha value is -3.49. The van der Waals surface area contributed by atoms with Gasteiger partial charge in [0.05, 0.1) is 13.2 Å². The summed E-state index contributed by atoms with van der Waals surface area (Å²) < 4.78 is 5.59. The molecule has 0 unspecified atom stereocenters. The molecule has 0 heterocycles. The summed E-state index contributed by atoms with van der Waals surface area (Å²) in [5, 5.41) is 2.37. The first kappa shape index (κ1) is 20.8. The quantitative estimate of drug-likeness (QED) is 0.177. The molecule has 0 aliphatic carbocycles. The molecule has 4 rings (SSSR count). The third-order valence-electron chi connectivity index (χ3n) is 5.41. The fraction of sp³-hybridized carbons (Fsp3) is 0.138. The lowest BCUT2D eigenvalue weighted by molar-refractivity contribution is 0.112. The van der Waals surface area contributed by atoms with Crippen molar-refractivity contribution in [1.29, 1.82) is 0 Å². The number of carbonyl (C=O) groups excluding carboxylic acids is 1. The second kappa shape index (κ2) is 9.55. The van der Waals surface area contributed by atoms with Crippen molar-refractivity contribution in [2.75, 3.05) is 13.2 Å². The molecule has 0 spiro atoms. The third-order valence-corrected chi connectivity index (χ3v) is 5.41. The van der Waals surface area contributed by atoms with Gasteiger partial charge in [-0.25, -0.2) is 0 Å². The Morgan fingerprint density at radius 2 is 1.55 bits per heavy atom. The van der Waals surface area contributed by atoms with E-state index in [-0.39, 0.29) is 0 Å². The predicted molar refractivity (Wildman–Crippen MR) is 130 cm³/mol. The predicted octanol–water partition coefficient (Wildman–Crippen LogP) is 7.12. The molecule has 0 radical (unpaired) electrons. The molecule has 4 aromatic rings. The molecule has 0 aliphatic heterocycles. The van der Waals surface area contributed by atoms with Gasteiger partial charge in [-0.1, -0.05) is 84.9 Å². The molecule has 0 saturated heterocycles. The Kier molecular flexibility index (Phi) is 6.40. The van der Waals surface area contributed by atoms with Gasteiger partial charge in [-0.15, -0.1) is 0 Å². The van der Waals surface area contributed by atoms with Gasteiger partial charge in [0.2, 0.25) is 0 Å². The van der Waals surface area contributed by atoms with Crippen molar-refractivity contribution >= 4 is 17.1 Å². The van der Waals surface area contributed by atoms with Crippen LogP contribution in [-0.4, -0.2) is 19.5 Å². The molecule has 0 amide bonds. The van der Waals surface area contributed by atoms with Gasteiger partial charge in [-0.05, 0) is 64.1 Å². The van der Waals surface area contributed by atoms with Crippen LogP contribution in [0.5, 0.6) is 0 Å². The van der Waals surface area contributed by atoms with Gasteiger partial charge in [-0.3, -0.25) is 4.79 Å². The maximum atomic E-state index is 11.9. The molecule has 2 nitrogen and oxygen atoms in total. The van der Waals surface area contributed by atoms with Crippen LogP contribution in [0, 0.1) is 0 Å². The van der Waals surface area contributed by atoms with Gasteiger partial charge in [0.15, 0.2) is 6.29 Å². The Labute approximate surface area is 183 Å². The highest BCUT2D eigenvalue weighted by Gasteiger charge is 2.08. The Bertz CT molecular complexity index is 1220. The lowest BCUT2D eigenvalue weighted by atomic mass is 9.94. The Balaban J connectivity index is 1.55.